The van der Waals surface area contributed by atoms with Gasteiger partial charge in [0, 0.05) is 38.1 Å². The van der Waals surface area contributed by atoms with Gasteiger partial charge in [-0.15, -0.1) is 0 Å². The summed E-state index contributed by atoms with van der Waals surface area (Å²) in [5.74, 6) is 1.81. The van der Waals surface area contributed by atoms with Crippen LogP contribution in [-0.4, -0.2) is 24.1 Å². The molecule has 0 aliphatic heterocycles. The van der Waals surface area contributed by atoms with E-state index >= 15 is 0 Å². The maximum Gasteiger partial charge on any atom is 0.238 e. The number of hydrogen-bond donors (Lipinski definition) is 0. The lowest BCUT2D eigenvalue weighted by molar-refractivity contribution is 0.657. The smallest absolute Gasteiger partial charge is 0.238 e. The largest absolute Gasteiger partial charge is 0.307 e. The molecule has 12 aromatic rings. The highest BCUT2D eigenvalue weighted by molar-refractivity contribution is 6.24. The number of fused-ring (bicyclic) bond motifs is 10. The molecule has 306 valence electrons. The molecule has 0 N–H and O–H groups in total. The van der Waals surface area contributed by atoms with Gasteiger partial charge >= 0.3 is 0 Å². The molecular weight excluding hydrogens is 791 g/mol. The molecule has 0 saturated heterocycles. The van der Waals surface area contributed by atoms with Crippen molar-refractivity contribution < 1.29 is 0 Å². The van der Waals surface area contributed by atoms with Gasteiger partial charge in [0.2, 0.25) is 5.95 Å². The average molecular weight is 832 g/mol. The first-order chi connectivity index (χ1) is 32.0. The summed E-state index contributed by atoms with van der Waals surface area (Å²) in [7, 11) is 0. The summed E-state index contributed by atoms with van der Waals surface area (Å²) >= 11 is 0. The van der Waals surface area contributed by atoms with Crippen molar-refractivity contribution in [3.8, 4) is 67.8 Å². The van der Waals surface area contributed by atoms with Crippen LogP contribution in [0.4, 0.5) is 0 Å². The van der Waals surface area contributed by atoms with Crippen LogP contribution in [0, 0.1) is 0 Å². The van der Waals surface area contributed by atoms with Gasteiger partial charge in [-0.3, -0.25) is 4.57 Å². The standard InChI is InChI=1S/C60H41N5/c1-60(2)50-30-15-12-27-44(50)49-36-43(42-26-18-25-41(35-42)38-19-6-3-7-20-38)37-53(54(49)60)64-51-31-16-13-28-45(51)47-33-34-48-46-29-14-17-32-52(46)65(56(48)55(47)64)59-62-57(39-21-8-4-9-22-39)61-58(63-59)40-23-10-5-11-24-40/h3-37H,1-2H3. The summed E-state index contributed by atoms with van der Waals surface area (Å²) in [6, 6.07) is 76.1. The predicted octanol–water partition coefficient (Wildman–Crippen LogP) is 15.0. The van der Waals surface area contributed by atoms with Crippen molar-refractivity contribution in [3.63, 3.8) is 0 Å². The average Bonchev–Trinajstić information content (AvgIpc) is 3.97. The normalized spacial score (nSPS) is 12.9. The summed E-state index contributed by atoms with van der Waals surface area (Å²) < 4.78 is 4.84. The topological polar surface area (TPSA) is 48.5 Å². The van der Waals surface area contributed by atoms with Crippen LogP contribution in [0.1, 0.15) is 25.0 Å². The van der Waals surface area contributed by atoms with Crippen LogP contribution in [-0.2, 0) is 5.41 Å². The molecular formula is C60H41N5. The first-order valence-corrected chi connectivity index (χ1v) is 22.3. The van der Waals surface area contributed by atoms with Gasteiger partial charge in [-0.05, 0) is 74.8 Å². The van der Waals surface area contributed by atoms with Crippen LogP contribution in [0.5, 0.6) is 0 Å². The summed E-state index contributed by atoms with van der Waals surface area (Å²) in [6.45, 7) is 4.77. The fourth-order valence-corrected chi connectivity index (χ4v) is 10.6. The Morgan fingerprint density at radius 2 is 0.846 bits per heavy atom. The molecule has 1 aliphatic rings. The van der Waals surface area contributed by atoms with E-state index in [0.717, 1.165) is 55.0 Å². The zero-order valence-corrected chi connectivity index (χ0v) is 35.9. The fraction of sp³-hybridized carbons (Fsp3) is 0.0500. The number of hydrogen-bond acceptors (Lipinski definition) is 3. The number of benzene rings is 9. The lowest BCUT2D eigenvalue weighted by Gasteiger charge is -2.26. The molecule has 5 heteroatoms. The molecule has 0 amide bonds. The summed E-state index contributed by atoms with van der Waals surface area (Å²) in [5.41, 5.74) is 16.9. The molecule has 0 spiro atoms. The van der Waals surface area contributed by atoms with Crippen molar-refractivity contribution in [1.29, 1.82) is 0 Å². The molecule has 65 heavy (non-hydrogen) atoms. The van der Waals surface area contributed by atoms with Gasteiger partial charge in [0.05, 0.1) is 27.8 Å². The SMILES string of the molecule is CC1(C)c2ccccc2-c2cc(-c3cccc(-c4ccccc4)c3)cc(-n3c4ccccc4c4ccc5c6ccccc6n(-c6nc(-c7ccccc7)nc(-c7ccccc7)n6)c5c43)c21. The summed E-state index contributed by atoms with van der Waals surface area (Å²) in [5, 5.41) is 4.61. The van der Waals surface area contributed by atoms with Crippen molar-refractivity contribution >= 4 is 43.6 Å². The van der Waals surface area contributed by atoms with E-state index in [0.29, 0.717) is 17.6 Å². The molecule has 5 nitrogen and oxygen atoms in total. The fourth-order valence-electron chi connectivity index (χ4n) is 10.6. The monoisotopic (exact) mass is 831 g/mol. The van der Waals surface area contributed by atoms with Crippen LogP contribution in [0.15, 0.2) is 212 Å². The Morgan fingerprint density at radius 3 is 1.48 bits per heavy atom. The zero-order valence-electron chi connectivity index (χ0n) is 35.9. The Kier molecular flexibility index (Phi) is 8.18. The second kappa shape index (κ2) is 14.3. The molecule has 0 bridgehead atoms. The molecule has 0 radical (unpaired) electrons. The maximum absolute atomic E-state index is 5.36. The van der Waals surface area contributed by atoms with Crippen LogP contribution in [0.2, 0.25) is 0 Å². The first kappa shape index (κ1) is 37.2. The minimum Gasteiger partial charge on any atom is -0.307 e. The van der Waals surface area contributed by atoms with E-state index < -0.39 is 0 Å². The Hall–Kier alpha value is -8.41. The van der Waals surface area contributed by atoms with Crippen molar-refractivity contribution in [2.45, 2.75) is 19.3 Å². The Balaban J connectivity index is 1.18. The number of rotatable bonds is 6. The highest BCUT2D eigenvalue weighted by Gasteiger charge is 2.39. The van der Waals surface area contributed by atoms with Gasteiger partial charge in [0.15, 0.2) is 11.6 Å². The molecule has 0 unspecified atom stereocenters. The Labute approximate surface area is 376 Å². The first-order valence-electron chi connectivity index (χ1n) is 22.3. The maximum atomic E-state index is 5.36. The van der Waals surface area contributed by atoms with E-state index in [1.54, 1.807) is 0 Å². The van der Waals surface area contributed by atoms with Gasteiger partial charge in [0.25, 0.3) is 0 Å². The minimum absolute atomic E-state index is 0.298. The molecule has 3 aromatic heterocycles. The van der Waals surface area contributed by atoms with E-state index in [1.807, 2.05) is 36.4 Å². The van der Waals surface area contributed by atoms with E-state index in [-0.39, 0.29) is 5.41 Å². The third-order valence-corrected chi connectivity index (χ3v) is 13.5. The Morgan fingerprint density at radius 1 is 0.354 bits per heavy atom. The molecule has 0 saturated carbocycles. The highest BCUT2D eigenvalue weighted by Crippen LogP contribution is 2.54. The van der Waals surface area contributed by atoms with Gasteiger partial charge < -0.3 is 4.57 Å². The Bertz CT molecular complexity index is 3790. The summed E-state index contributed by atoms with van der Waals surface area (Å²) in [4.78, 5) is 15.8. The van der Waals surface area contributed by atoms with Crippen LogP contribution in [0.25, 0.3) is 111 Å². The zero-order chi connectivity index (χ0) is 43.2. The lowest BCUT2D eigenvalue weighted by atomic mass is 9.81. The van der Waals surface area contributed by atoms with Crippen molar-refractivity contribution in [2.24, 2.45) is 0 Å². The number of nitrogens with zero attached hydrogens (tertiary/aromatic N) is 5. The van der Waals surface area contributed by atoms with E-state index in [9.17, 15) is 0 Å². The van der Waals surface area contributed by atoms with E-state index in [1.165, 1.54) is 49.9 Å². The van der Waals surface area contributed by atoms with Crippen LogP contribution >= 0.6 is 0 Å². The third-order valence-electron chi connectivity index (χ3n) is 13.5. The van der Waals surface area contributed by atoms with Crippen molar-refractivity contribution in [1.82, 2.24) is 24.1 Å². The van der Waals surface area contributed by atoms with Gasteiger partial charge in [0.1, 0.15) is 0 Å². The molecule has 9 aromatic carbocycles. The highest BCUT2D eigenvalue weighted by atomic mass is 15.2. The predicted molar refractivity (Wildman–Crippen MR) is 268 cm³/mol. The minimum atomic E-state index is -0.298. The van der Waals surface area contributed by atoms with Crippen molar-refractivity contribution in [3.05, 3.63) is 223 Å². The second-order valence-corrected chi connectivity index (χ2v) is 17.6. The van der Waals surface area contributed by atoms with E-state index in [2.05, 4.69) is 199 Å². The van der Waals surface area contributed by atoms with Gasteiger partial charge in [-0.25, -0.2) is 4.98 Å². The van der Waals surface area contributed by atoms with E-state index in [4.69, 9.17) is 15.0 Å². The van der Waals surface area contributed by atoms with Crippen molar-refractivity contribution in [2.75, 3.05) is 0 Å². The number of para-hydroxylation sites is 2. The molecule has 1 aliphatic carbocycles. The van der Waals surface area contributed by atoms with Gasteiger partial charge in [-0.1, -0.05) is 196 Å². The van der Waals surface area contributed by atoms with Gasteiger partial charge in [-0.2, -0.15) is 9.97 Å². The third kappa shape index (κ3) is 5.68. The van der Waals surface area contributed by atoms with Crippen LogP contribution < -0.4 is 0 Å². The molecule has 3 heterocycles. The van der Waals surface area contributed by atoms with Crippen LogP contribution in [0.3, 0.4) is 0 Å². The molecule has 0 fully saturated rings. The second-order valence-electron chi connectivity index (χ2n) is 17.6. The summed E-state index contributed by atoms with van der Waals surface area (Å²) in [6.07, 6.45) is 0. The number of aromatic nitrogens is 5. The quantitative estimate of drug-likeness (QED) is 0.168. The molecule has 13 rings (SSSR count). The lowest BCUT2D eigenvalue weighted by Crippen LogP contribution is -2.18. The molecule has 0 atom stereocenters.